The highest BCUT2D eigenvalue weighted by Crippen LogP contribution is 2.08. The van der Waals surface area contributed by atoms with Crippen LogP contribution < -0.4 is 10.6 Å². The lowest BCUT2D eigenvalue weighted by atomic mass is 10.1. The van der Waals surface area contributed by atoms with E-state index in [1.165, 1.54) is 6.07 Å². The third-order valence-electron chi connectivity index (χ3n) is 3.09. The van der Waals surface area contributed by atoms with Crippen molar-refractivity contribution in [1.82, 2.24) is 10.6 Å². The molecule has 21 heavy (non-hydrogen) atoms. The summed E-state index contributed by atoms with van der Waals surface area (Å²) in [7, 11) is 1.73. The Balaban J connectivity index is 2.26. The van der Waals surface area contributed by atoms with E-state index in [1.807, 2.05) is 6.07 Å². The number of halogens is 1. The standard InChI is InChI=1S/C16H26FN3O/c1-4-5-9-21-10-8-19-16(18-3)20-12-14-6-7-15(17)13(2)11-14/h6-7,11H,4-5,8-10,12H2,1-3H3,(H2,18,19,20). The molecular formula is C16H26FN3O. The van der Waals surface area contributed by atoms with Gasteiger partial charge in [0.2, 0.25) is 0 Å². The van der Waals surface area contributed by atoms with Gasteiger partial charge in [0, 0.05) is 26.7 Å². The van der Waals surface area contributed by atoms with E-state index in [0.29, 0.717) is 25.3 Å². The smallest absolute Gasteiger partial charge is 0.191 e. The largest absolute Gasteiger partial charge is 0.380 e. The Kier molecular flexibility index (Phi) is 8.43. The van der Waals surface area contributed by atoms with Gasteiger partial charge in [0.05, 0.1) is 6.61 Å². The van der Waals surface area contributed by atoms with Crippen LogP contribution >= 0.6 is 0 Å². The molecule has 0 amide bonds. The second-order valence-corrected chi connectivity index (χ2v) is 4.90. The Labute approximate surface area is 126 Å². The van der Waals surface area contributed by atoms with Crippen molar-refractivity contribution in [2.24, 2.45) is 4.99 Å². The highest BCUT2D eigenvalue weighted by atomic mass is 19.1. The van der Waals surface area contributed by atoms with Crippen LogP contribution in [-0.4, -0.2) is 32.8 Å². The summed E-state index contributed by atoms with van der Waals surface area (Å²) in [6.07, 6.45) is 2.24. The van der Waals surface area contributed by atoms with Crippen LogP contribution in [-0.2, 0) is 11.3 Å². The number of benzene rings is 1. The van der Waals surface area contributed by atoms with Crippen molar-refractivity contribution in [1.29, 1.82) is 0 Å². The van der Waals surface area contributed by atoms with Crippen molar-refractivity contribution >= 4 is 5.96 Å². The van der Waals surface area contributed by atoms with Gasteiger partial charge in [0.1, 0.15) is 5.82 Å². The third kappa shape index (κ3) is 7.09. The molecule has 5 heteroatoms. The normalized spacial score (nSPS) is 11.5. The fourth-order valence-corrected chi connectivity index (χ4v) is 1.81. The number of aryl methyl sites for hydroxylation is 1. The Hall–Kier alpha value is -1.62. The number of aliphatic imine (C=N–C) groups is 1. The average molecular weight is 295 g/mol. The van der Waals surface area contributed by atoms with Crippen LogP contribution in [0.15, 0.2) is 23.2 Å². The second-order valence-electron chi connectivity index (χ2n) is 4.90. The summed E-state index contributed by atoms with van der Waals surface area (Å²) in [6.45, 7) is 6.70. The quantitative estimate of drug-likeness (QED) is 0.440. The zero-order chi connectivity index (χ0) is 15.5. The highest BCUT2D eigenvalue weighted by molar-refractivity contribution is 5.79. The molecule has 0 aliphatic rings. The van der Waals surface area contributed by atoms with Crippen molar-refractivity contribution in [3.8, 4) is 0 Å². The van der Waals surface area contributed by atoms with E-state index in [1.54, 1.807) is 20.0 Å². The molecule has 0 aromatic heterocycles. The first kappa shape index (κ1) is 17.4. The highest BCUT2D eigenvalue weighted by Gasteiger charge is 2.01. The number of rotatable bonds is 8. The predicted molar refractivity (Wildman–Crippen MR) is 85.1 cm³/mol. The fourth-order valence-electron chi connectivity index (χ4n) is 1.81. The van der Waals surface area contributed by atoms with Gasteiger partial charge in [-0.25, -0.2) is 4.39 Å². The molecule has 0 aliphatic heterocycles. The second kappa shape index (κ2) is 10.2. The van der Waals surface area contributed by atoms with Gasteiger partial charge in [-0.2, -0.15) is 0 Å². The van der Waals surface area contributed by atoms with E-state index in [9.17, 15) is 4.39 Å². The molecule has 0 fully saturated rings. The van der Waals surface area contributed by atoms with Gasteiger partial charge < -0.3 is 15.4 Å². The van der Waals surface area contributed by atoms with Gasteiger partial charge in [-0.05, 0) is 30.5 Å². The van der Waals surface area contributed by atoms with Gasteiger partial charge in [0.25, 0.3) is 0 Å². The Morgan fingerprint density at radius 1 is 1.29 bits per heavy atom. The summed E-state index contributed by atoms with van der Waals surface area (Å²) >= 11 is 0. The maximum absolute atomic E-state index is 13.2. The van der Waals surface area contributed by atoms with Crippen LogP contribution in [0.5, 0.6) is 0 Å². The van der Waals surface area contributed by atoms with Gasteiger partial charge in [-0.3, -0.25) is 4.99 Å². The number of guanidine groups is 1. The third-order valence-corrected chi connectivity index (χ3v) is 3.09. The molecular weight excluding hydrogens is 269 g/mol. The molecule has 0 spiro atoms. The van der Waals surface area contributed by atoms with Crippen LogP contribution in [0.4, 0.5) is 4.39 Å². The maximum Gasteiger partial charge on any atom is 0.191 e. The van der Waals surface area contributed by atoms with E-state index in [4.69, 9.17) is 4.74 Å². The summed E-state index contributed by atoms with van der Waals surface area (Å²) in [6, 6.07) is 5.10. The van der Waals surface area contributed by atoms with Crippen LogP contribution in [0.3, 0.4) is 0 Å². The molecule has 0 saturated carbocycles. The summed E-state index contributed by atoms with van der Waals surface area (Å²) < 4.78 is 18.7. The molecule has 2 N–H and O–H groups in total. The van der Waals surface area contributed by atoms with Gasteiger partial charge >= 0.3 is 0 Å². The fraction of sp³-hybridized carbons (Fsp3) is 0.562. The van der Waals surface area contributed by atoms with Gasteiger partial charge in [-0.1, -0.05) is 25.5 Å². The van der Waals surface area contributed by atoms with Crippen molar-refractivity contribution in [2.45, 2.75) is 33.2 Å². The van der Waals surface area contributed by atoms with Crippen LogP contribution in [0, 0.1) is 12.7 Å². The summed E-state index contributed by atoms with van der Waals surface area (Å²) in [5.74, 6) is 0.543. The number of nitrogens with zero attached hydrogens (tertiary/aromatic N) is 1. The minimum Gasteiger partial charge on any atom is -0.380 e. The van der Waals surface area contributed by atoms with Crippen LogP contribution in [0.25, 0.3) is 0 Å². The SMILES string of the molecule is CCCCOCCNC(=NC)NCc1ccc(F)c(C)c1. The molecule has 0 saturated heterocycles. The maximum atomic E-state index is 13.2. The van der Waals surface area contributed by atoms with Crippen LogP contribution in [0.1, 0.15) is 30.9 Å². The lowest BCUT2D eigenvalue weighted by Crippen LogP contribution is -2.38. The van der Waals surface area contributed by atoms with Crippen molar-refractivity contribution in [3.63, 3.8) is 0 Å². The van der Waals surface area contributed by atoms with Crippen LogP contribution in [0.2, 0.25) is 0 Å². The lowest BCUT2D eigenvalue weighted by Gasteiger charge is -2.12. The zero-order valence-corrected chi connectivity index (χ0v) is 13.2. The summed E-state index contributed by atoms with van der Waals surface area (Å²) in [4.78, 5) is 4.14. The number of hydrogen-bond acceptors (Lipinski definition) is 2. The number of ether oxygens (including phenoxy) is 1. The van der Waals surface area contributed by atoms with E-state index in [-0.39, 0.29) is 5.82 Å². The molecule has 1 aromatic carbocycles. The summed E-state index contributed by atoms with van der Waals surface area (Å²) in [5, 5.41) is 6.38. The minimum atomic E-state index is -0.175. The zero-order valence-electron chi connectivity index (χ0n) is 13.2. The van der Waals surface area contributed by atoms with E-state index < -0.39 is 0 Å². The first-order valence-corrected chi connectivity index (χ1v) is 7.44. The monoisotopic (exact) mass is 295 g/mol. The Morgan fingerprint density at radius 2 is 2.10 bits per heavy atom. The molecule has 0 radical (unpaired) electrons. The van der Waals surface area contributed by atoms with Gasteiger partial charge in [-0.15, -0.1) is 0 Å². The Morgan fingerprint density at radius 3 is 2.76 bits per heavy atom. The predicted octanol–water partition coefficient (Wildman–Crippen LogP) is 2.62. The topological polar surface area (TPSA) is 45.6 Å². The summed E-state index contributed by atoms with van der Waals surface area (Å²) in [5.41, 5.74) is 1.68. The molecule has 1 rings (SSSR count). The van der Waals surface area contributed by atoms with Crippen molar-refractivity contribution in [3.05, 3.63) is 35.1 Å². The number of nitrogens with one attached hydrogen (secondary N) is 2. The molecule has 118 valence electrons. The number of unbranched alkanes of at least 4 members (excludes halogenated alkanes) is 1. The van der Waals surface area contributed by atoms with Crippen molar-refractivity contribution < 1.29 is 9.13 Å². The number of hydrogen-bond donors (Lipinski definition) is 2. The lowest BCUT2D eigenvalue weighted by molar-refractivity contribution is 0.136. The Bertz CT molecular complexity index is 449. The van der Waals surface area contributed by atoms with E-state index in [0.717, 1.165) is 31.0 Å². The molecule has 4 nitrogen and oxygen atoms in total. The minimum absolute atomic E-state index is 0.175. The molecule has 1 aromatic rings. The first-order valence-electron chi connectivity index (χ1n) is 7.44. The average Bonchev–Trinajstić information content (AvgIpc) is 2.49. The molecule has 0 unspecified atom stereocenters. The van der Waals surface area contributed by atoms with Gasteiger partial charge in [0.15, 0.2) is 5.96 Å². The van der Waals surface area contributed by atoms with E-state index in [2.05, 4.69) is 22.5 Å². The van der Waals surface area contributed by atoms with Crippen molar-refractivity contribution in [2.75, 3.05) is 26.8 Å². The van der Waals surface area contributed by atoms with E-state index >= 15 is 0 Å². The molecule has 0 bridgehead atoms. The molecule has 0 aliphatic carbocycles. The molecule has 0 heterocycles. The molecule has 0 atom stereocenters. The first-order chi connectivity index (χ1) is 10.2.